The Morgan fingerprint density at radius 3 is 2.52 bits per heavy atom. The van der Waals surface area contributed by atoms with E-state index in [4.69, 9.17) is 27.8 Å². The minimum Gasteiger partial charge on any atom is -0.450 e. The van der Waals surface area contributed by atoms with Crippen molar-refractivity contribution in [2.45, 2.75) is 17.1 Å². The van der Waals surface area contributed by atoms with Gasteiger partial charge < -0.3 is 16.2 Å². The number of amides is 2. The maximum Gasteiger partial charge on any atom is 0.404 e. The van der Waals surface area contributed by atoms with Crippen LogP contribution in [-0.2, 0) is 10.5 Å². The minimum absolute atomic E-state index is 0.257. The molecule has 0 fully saturated rings. The first-order valence-electron chi connectivity index (χ1n) is 8.33. The number of primary amides is 2. The monoisotopic (exact) mass is 405 g/mol. The molecule has 0 spiro atoms. The quantitative estimate of drug-likeness (QED) is 0.680. The summed E-state index contributed by atoms with van der Waals surface area (Å²) < 4.78 is 4.88. The van der Waals surface area contributed by atoms with Crippen LogP contribution in [0, 0.1) is 0 Å². The Morgan fingerprint density at radius 1 is 1.11 bits per heavy atom. The van der Waals surface area contributed by atoms with Crippen molar-refractivity contribution in [3.05, 3.63) is 58.6 Å². The summed E-state index contributed by atoms with van der Waals surface area (Å²) in [4.78, 5) is 28.0. The van der Waals surface area contributed by atoms with E-state index >= 15 is 0 Å². The summed E-state index contributed by atoms with van der Waals surface area (Å²) in [5.74, 6) is 1.09. The van der Waals surface area contributed by atoms with Crippen molar-refractivity contribution in [2.24, 2.45) is 16.5 Å². The predicted molar refractivity (Wildman–Crippen MR) is 109 cm³/mol. The molecule has 2 aromatic carbocycles. The lowest BCUT2D eigenvalue weighted by molar-refractivity contribution is 0.1000. The van der Waals surface area contributed by atoms with E-state index in [2.05, 4.69) is 4.99 Å². The van der Waals surface area contributed by atoms with Crippen molar-refractivity contribution < 1.29 is 14.3 Å². The average molecular weight is 406 g/mol. The van der Waals surface area contributed by atoms with Crippen LogP contribution in [0.4, 0.5) is 10.5 Å². The molecule has 8 heteroatoms. The fraction of sp³-hybridized carbons (Fsp3) is 0.211. The molecule has 1 atom stereocenters. The van der Waals surface area contributed by atoms with Gasteiger partial charge in [0, 0.05) is 26.8 Å². The highest BCUT2D eigenvalue weighted by molar-refractivity contribution is 8.43. The number of halogens is 1. The van der Waals surface area contributed by atoms with Gasteiger partial charge >= 0.3 is 6.09 Å². The Morgan fingerprint density at radius 2 is 1.85 bits per heavy atom. The molecular formula is C19H20ClN3O3S. The largest absolute Gasteiger partial charge is 0.450 e. The third kappa shape index (κ3) is 4.43. The number of fused-ring (bicyclic) bond motifs is 1. The number of carbonyl (C=O) groups is 2. The van der Waals surface area contributed by atoms with E-state index in [-0.39, 0.29) is 6.61 Å². The number of hydrogen-bond acceptors (Lipinski definition) is 4. The maximum atomic E-state index is 11.5. The van der Waals surface area contributed by atoms with Crippen molar-refractivity contribution >= 4 is 44.9 Å². The number of nitrogens with zero attached hydrogens (tertiary/aromatic N) is 1. The topological polar surface area (TPSA) is 108 Å². The average Bonchev–Trinajstić information content (AvgIpc) is 2.99. The van der Waals surface area contributed by atoms with Gasteiger partial charge in [0.1, 0.15) is 0 Å². The van der Waals surface area contributed by atoms with E-state index in [0.29, 0.717) is 17.0 Å². The molecule has 142 valence electrons. The third-order valence-electron chi connectivity index (χ3n) is 4.31. The second-order valence-electron chi connectivity index (χ2n) is 6.22. The summed E-state index contributed by atoms with van der Waals surface area (Å²) in [6.07, 6.45) is -0.113. The first-order chi connectivity index (χ1) is 12.9. The second-order valence-corrected chi connectivity index (χ2v) is 9.89. The van der Waals surface area contributed by atoms with Crippen LogP contribution in [-0.4, -0.2) is 29.9 Å². The van der Waals surface area contributed by atoms with Gasteiger partial charge in [-0.25, -0.2) is 4.79 Å². The molecule has 1 unspecified atom stereocenters. The lowest BCUT2D eigenvalue weighted by Crippen LogP contribution is -2.16. The second kappa shape index (κ2) is 8.02. The van der Waals surface area contributed by atoms with Crippen LogP contribution >= 0.6 is 21.6 Å². The molecule has 3 rings (SSSR count). The zero-order valence-electron chi connectivity index (χ0n) is 14.6. The molecule has 27 heavy (non-hydrogen) atoms. The van der Waals surface area contributed by atoms with Crippen LogP contribution in [0.25, 0.3) is 0 Å². The number of carbonyl (C=O) groups excluding carboxylic acids is 2. The van der Waals surface area contributed by atoms with E-state index in [1.165, 1.54) is 0 Å². The van der Waals surface area contributed by atoms with Crippen molar-refractivity contribution in [3.63, 3.8) is 0 Å². The molecule has 2 aromatic rings. The molecule has 1 aliphatic heterocycles. The zero-order chi connectivity index (χ0) is 19.4. The number of benzene rings is 2. The molecule has 0 radical (unpaired) electrons. The Bertz CT molecular complexity index is 902. The highest BCUT2D eigenvalue weighted by atomic mass is 35.5. The van der Waals surface area contributed by atoms with Gasteiger partial charge in [0.2, 0.25) is 5.91 Å². The first kappa shape index (κ1) is 19.3. The van der Waals surface area contributed by atoms with E-state index < -0.39 is 22.0 Å². The van der Waals surface area contributed by atoms with Gasteiger partial charge in [0.15, 0.2) is 0 Å². The molecule has 4 N–H and O–H groups in total. The number of rotatable bonds is 7. The van der Waals surface area contributed by atoms with E-state index in [1.807, 2.05) is 35.9 Å². The lowest BCUT2D eigenvalue weighted by atomic mass is 10.2. The van der Waals surface area contributed by atoms with Crippen molar-refractivity contribution in [2.75, 3.05) is 12.4 Å². The van der Waals surface area contributed by atoms with Gasteiger partial charge in [-0.05, 0) is 48.1 Å². The molecular weight excluding hydrogens is 386 g/mol. The van der Waals surface area contributed by atoms with Crippen LogP contribution < -0.4 is 11.5 Å². The van der Waals surface area contributed by atoms with Crippen LogP contribution in [0.15, 0.2) is 52.4 Å². The Labute approximate surface area is 163 Å². The summed E-state index contributed by atoms with van der Waals surface area (Å²) in [6, 6.07) is 13.1. The lowest BCUT2D eigenvalue weighted by Gasteiger charge is -2.34. The van der Waals surface area contributed by atoms with Crippen molar-refractivity contribution in [1.29, 1.82) is 0 Å². The molecule has 1 heterocycles. The Kier molecular flexibility index (Phi) is 5.72. The number of aliphatic imine (C=N–C) groups is 1. The normalized spacial score (nSPS) is 19.9. The third-order valence-corrected chi connectivity index (χ3v) is 8.16. The number of nitrogens with two attached hydrogens (primary N) is 2. The van der Waals surface area contributed by atoms with Gasteiger partial charge in [-0.3, -0.25) is 9.79 Å². The Hall–Kier alpha value is -2.51. The van der Waals surface area contributed by atoms with Gasteiger partial charge in [-0.1, -0.05) is 23.7 Å². The van der Waals surface area contributed by atoms with Gasteiger partial charge in [-0.15, -0.1) is 0 Å². The van der Waals surface area contributed by atoms with Gasteiger partial charge in [0.25, 0.3) is 0 Å². The number of hydrogen-bond donors (Lipinski definition) is 2. The smallest absolute Gasteiger partial charge is 0.404 e. The molecule has 0 aromatic heterocycles. The predicted octanol–water partition coefficient (Wildman–Crippen LogP) is 3.96. The zero-order valence-corrected chi connectivity index (χ0v) is 16.1. The molecule has 0 saturated heterocycles. The van der Waals surface area contributed by atoms with Crippen LogP contribution in [0.2, 0.25) is 5.02 Å². The van der Waals surface area contributed by atoms with E-state index in [9.17, 15) is 9.59 Å². The molecule has 0 aliphatic carbocycles. The van der Waals surface area contributed by atoms with Crippen molar-refractivity contribution in [1.82, 2.24) is 0 Å². The summed E-state index contributed by atoms with van der Waals surface area (Å²) >= 11 is 6.00. The fourth-order valence-electron chi connectivity index (χ4n) is 3.05. The fourth-order valence-corrected chi connectivity index (χ4v) is 6.59. The Balaban J connectivity index is 1.90. The van der Waals surface area contributed by atoms with E-state index in [0.717, 1.165) is 27.7 Å². The van der Waals surface area contributed by atoms with Crippen molar-refractivity contribution in [3.8, 4) is 0 Å². The minimum atomic E-state index is -1.45. The van der Waals surface area contributed by atoms with Crippen LogP contribution in [0.3, 0.4) is 0 Å². The molecule has 6 nitrogen and oxygen atoms in total. The molecule has 0 bridgehead atoms. The first-order valence-corrected chi connectivity index (χ1v) is 10.7. The molecule has 1 aliphatic rings. The van der Waals surface area contributed by atoms with E-state index in [1.54, 1.807) is 12.1 Å². The van der Waals surface area contributed by atoms with Gasteiger partial charge in [0.05, 0.1) is 12.3 Å². The van der Waals surface area contributed by atoms with Crippen LogP contribution in [0.5, 0.6) is 0 Å². The van der Waals surface area contributed by atoms with Crippen LogP contribution in [0.1, 0.15) is 22.3 Å². The summed E-state index contributed by atoms with van der Waals surface area (Å²) in [6.45, 7) is 0.257. The van der Waals surface area contributed by atoms with Gasteiger partial charge in [-0.2, -0.15) is 10.0 Å². The SMILES string of the molecule is NC(=O)OCCCS1(Cc2ccc(Cl)cc2)C=Nc2cc(C(N)=O)ccc21. The maximum absolute atomic E-state index is 11.5. The molecule has 0 saturated carbocycles. The molecule has 2 amide bonds. The summed E-state index contributed by atoms with van der Waals surface area (Å²) in [7, 11) is -1.45. The summed E-state index contributed by atoms with van der Waals surface area (Å²) in [5, 5.41) is 0.684. The summed E-state index contributed by atoms with van der Waals surface area (Å²) in [5.41, 5.74) is 14.8. The number of ether oxygens (including phenoxy) is 1. The highest BCUT2D eigenvalue weighted by Gasteiger charge is 2.32. The highest BCUT2D eigenvalue weighted by Crippen LogP contribution is 2.63. The standard InChI is InChI=1S/C19H20ClN3O3S/c20-15-5-2-13(3-6-15)11-27(9-1-8-26-19(22)25)12-23-16-10-14(18(21)24)4-7-17(16)27/h2-7,10,12H,1,8-9,11H2,(H2,21,24)(H2,22,25).